The number of ketones is 1. The molecule has 0 aromatic heterocycles. The standard InChI is InChI=1S/C26H32O4/c1-4-7-16-29-23-18-21(12-15-25(28)20-10-13-22(27)14-11-20)24(9-6-3)26(19-23)30-17-8-5-2/h6,10-15,18-19,27H,3-5,7-9,16-17H2,1-2H3. The van der Waals surface area contributed by atoms with Crippen molar-refractivity contribution in [1.82, 2.24) is 0 Å². The van der Waals surface area contributed by atoms with Crippen LogP contribution in [0.5, 0.6) is 17.2 Å². The number of benzene rings is 2. The van der Waals surface area contributed by atoms with Crippen molar-refractivity contribution in [3.63, 3.8) is 0 Å². The molecular weight excluding hydrogens is 376 g/mol. The molecule has 0 radical (unpaired) electrons. The average Bonchev–Trinajstić information content (AvgIpc) is 2.74. The first-order chi connectivity index (χ1) is 14.6. The Balaban J connectivity index is 2.35. The van der Waals surface area contributed by atoms with Gasteiger partial charge in [0.15, 0.2) is 5.78 Å². The van der Waals surface area contributed by atoms with Gasteiger partial charge in [-0.15, -0.1) is 6.58 Å². The summed E-state index contributed by atoms with van der Waals surface area (Å²) >= 11 is 0. The Labute approximate surface area is 179 Å². The van der Waals surface area contributed by atoms with Crippen LogP contribution in [0, 0.1) is 0 Å². The van der Waals surface area contributed by atoms with Crippen LogP contribution in [0.2, 0.25) is 0 Å². The van der Waals surface area contributed by atoms with Gasteiger partial charge in [0, 0.05) is 17.2 Å². The summed E-state index contributed by atoms with van der Waals surface area (Å²) in [5, 5.41) is 9.41. The summed E-state index contributed by atoms with van der Waals surface area (Å²) in [6, 6.07) is 10.1. The van der Waals surface area contributed by atoms with Crippen LogP contribution in [-0.2, 0) is 6.42 Å². The van der Waals surface area contributed by atoms with Crippen molar-refractivity contribution in [3.8, 4) is 17.2 Å². The van der Waals surface area contributed by atoms with Gasteiger partial charge < -0.3 is 14.6 Å². The van der Waals surface area contributed by atoms with Gasteiger partial charge in [0.1, 0.15) is 17.2 Å². The molecule has 160 valence electrons. The summed E-state index contributed by atoms with van der Waals surface area (Å²) < 4.78 is 12.0. The predicted molar refractivity (Wildman–Crippen MR) is 123 cm³/mol. The minimum Gasteiger partial charge on any atom is -0.508 e. The molecular formula is C26H32O4. The van der Waals surface area contributed by atoms with Crippen LogP contribution in [-0.4, -0.2) is 24.1 Å². The van der Waals surface area contributed by atoms with Crippen molar-refractivity contribution < 1.29 is 19.4 Å². The third-order valence-corrected chi connectivity index (χ3v) is 4.65. The molecule has 0 atom stereocenters. The lowest BCUT2D eigenvalue weighted by atomic mass is 10.0. The van der Waals surface area contributed by atoms with Crippen LogP contribution < -0.4 is 9.47 Å². The molecule has 4 nitrogen and oxygen atoms in total. The first kappa shape index (κ1) is 23.3. The molecule has 0 heterocycles. The molecule has 1 N–H and O–H groups in total. The number of rotatable bonds is 13. The third kappa shape index (κ3) is 7.11. The number of aromatic hydroxyl groups is 1. The molecule has 0 amide bonds. The molecule has 2 aromatic rings. The van der Waals surface area contributed by atoms with Gasteiger partial charge >= 0.3 is 0 Å². The van der Waals surface area contributed by atoms with Crippen LogP contribution in [0.3, 0.4) is 0 Å². The number of phenols is 1. The molecule has 0 bridgehead atoms. The third-order valence-electron chi connectivity index (χ3n) is 4.65. The van der Waals surface area contributed by atoms with Crippen LogP contribution in [0.25, 0.3) is 6.08 Å². The minimum atomic E-state index is -0.134. The Hall–Kier alpha value is -3.01. The first-order valence-corrected chi connectivity index (χ1v) is 10.6. The minimum absolute atomic E-state index is 0.134. The van der Waals surface area contributed by atoms with Crippen LogP contribution in [0.1, 0.15) is 61.0 Å². The maximum atomic E-state index is 12.5. The number of hydrogen-bond donors (Lipinski definition) is 1. The lowest BCUT2D eigenvalue weighted by Gasteiger charge is -2.16. The van der Waals surface area contributed by atoms with Gasteiger partial charge in [-0.1, -0.05) is 38.8 Å². The summed E-state index contributed by atoms with van der Waals surface area (Å²) in [5.41, 5.74) is 2.38. The van der Waals surface area contributed by atoms with E-state index in [4.69, 9.17) is 9.47 Å². The van der Waals surface area contributed by atoms with Gasteiger partial charge in [-0.25, -0.2) is 0 Å². The quantitative estimate of drug-likeness (QED) is 0.181. The van der Waals surface area contributed by atoms with Gasteiger partial charge in [0.25, 0.3) is 0 Å². The van der Waals surface area contributed by atoms with Crippen LogP contribution >= 0.6 is 0 Å². The summed E-state index contributed by atoms with van der Waals surface area (Å²) in [6.07, 6.45) is 9.86. The number of allylic oxidation sites excluding steroid dienone is 2. The second-order valence-electron chi connectivity index (χ2n) is 7.13. The fourth-order valence-electron chi connectivity index (χ4n) is 2.91. The van der Waals surface area contributed by atoms with Crippen molar-refractivity contribution in [2.45, 2.75) is 46.0 Å². The molecule has 0 saturated carbocycles. The molecule has 0 saturated heterocycles. The molecule has 4 heteroatoms. The van der Waals surface area contributed by atoms with Crippen LogP contribution in [0.15, 0.2) is 55.1 Å². The number of hydrogen-bond acceptors (Lipinski definition) is 4. The predicted octanol–water partition coefficient (Wildman–Crippen LogP) is 6.37. The zero-order valence-electron chi connectivity index (χ0n) is 18.0. The lowest BCUT2D eigenvalue weighted by molar-refractivity contribution is 0.104. The fraction of sp³-hybridized carbons (Fsp3) is 0.346. The van der Waals surface area contributed by atoms with E-state index in [-0.39, 0.29) is 11.5 Å². The number of unbranched alkanes of at least 4 members (excludes halogenated alkanes) is 2. The van der Waals surface area contributed by atoms with Gasteiger partial charge in [-0.2, -0.15) is 0 Å². The van der Waals surface area contributed by atoms with Crippen LogP contribution in [0.4, 0.5) is 0 Å². The molecule has 30 heavy (non-hydrogen) atoms. The van der Waals surface area contributed by atoms with E-state index in [1.165, 1.54) is 12.1 Å². The van der Waals surface area contributed by atoms with Gasteiger partial charge in [0.2, 0.25) is 0 Å². The zero-order valence-corrected chi connectivity index (χ0v) is 18.0. The highest BCUT2D eigenvalue weighted by molar-refractivity contribution is 6.07. The van der Waals surface area contributed by atoms with Crippen molar-refractivity contribution in [3.05, 3.63) is 71.8 Å². The average molecular weight is 409 g/mol. The SMILES string of the molecule is C=CCc1c(C=CC(=O)c2ccc(O)cc2)cc(OCCCC)cc1OCCCC. The first-order valence-electron chi connectivity index (χ1n) is 10.6. The molecule has 0 unspecified atom stereocenters. The van der Waals surface area contributed by atoms with Gasteiger partial charge in [-0.05, 0) is 61.2 Å². The van der Waals surface area contributed by atoms with E-state index in [9.17, 15) is 9.90 Å². The fourth-order valence-corrected chi connectivity index (χ4v) is 2.91. The van der Waals surface area contributed by atoms with Crippen molar-refractivity contribution in [1.29, 1.82) is 0 Å². The highest BCUT2D eigenvalue weighted by Gasteiger charge is 2.12. The normalized spacial score (nSPS) is 10.9. The van der Waals surface area contributed by atoms with E-state index in [1.54, 1.807) is 24.3 Å². The highest BCUT2D eigenvalue weighted by atomic mass is 16.5. The number of phenolic OH excluding ortho intramolecular Hbond substituents is 1. The van der Waals surface area contributed by atoms with E-state index in [2.05, 4.69) is 20.4 Å². The largest absolute Gasteiger partial charge is 0.508 e. The topological polar surface area (TPSA) is 55.8 Å². The smallest absolute Gasteiger partial charge is 0.185 e. The Morgan fingerprint density at radius 2 is 1.70 bits per heavy atom. The van der Waals surface area contributed by atoms with Crippen molar-refractivity contribution >= 4 is 11.9 Å². The van der Waals surface area contributed by atoms with E-state index < -0.39 is 0 Å². The Bertz CT molecular complexity index is 850. The zero-order chi connectivity index (χ0) is 21.8. The Morgan fingerprint density at radius 1 is 1.03 bits per heavy atom. The number of carbonyl (C=O) groups is 1. The lowest BCUT2D eigenvalue weighted by Crippen LogP contribution is -2.04. The van der Waals surface area contributed by atoms with E-state index in [0.29, 0.717) is 25.2 Å². The maximum absolute atomic E-state index is 12.5. The summed E-state index contributed by atoms with van der Waals surface area (Å²) in [5.74, 6) is 1.51. The van der Waals surface area contributed by atoms with Crippen molar-refractivity contribution in [2.24, 2.45) is 0 Å². The van der Waals surface area contributed by atoms with E-state index in [1.807, 2.05) is 18.2 Å². The second-order valence-corrected chi connectivity index (χ2v) is 7.13. The second kappa shape index (κ2) is 12.5. The summed E-state index contributed by atoms with van der Waals surface area (Å²) in [6.45, 7) is 9.39. The summed E-state index contributed by atoms with van der Waals surface area (Å²) in [4.78, 5) is 12.5. The van der Waals surface area contributed by atoms with Gasteiger partial charge in [0.05, 0.1) is 13.2 Å². The molecule has 0 aliphatic heterocycles. The monoisotopic (exact) mass is 408 g/mol. The van der Waals surface area contributed by atoms with E-state index in [0.717, 1.165) is 48.3 Å². The summed E-state index contributed by atoms with van der Waals surface area (Å²) in [7, 11) is 0. The van der Waals surface area contributed by atoms with Gasteiger partial charge in [-0.3, -0.25) is 4.79 Å². The molecule has 2 aromatic carbocycles. The molecule has 2 rings (SSSR count). The highest BCUT2D eigenvalue weighted by Crippen LogP contribution is 2.31. The Morgan fingerprint density at radius 3 is 2.33 bits per heavy atom. The Kier molecular flexibility index (Phi) is 9.72. The molecule has 0 aliphatic carbocycles. The maximum Gasteiger partial charge on any atom is 0.185 e. The number of carbonyl (C=O) groups excluding carboxylic acids is 1. The molecule has 0 fully saturated rings. The molecule has 0 aliphatic rings. The molecule has 0 spiro atoms. The van der Waals surface area contributed by atoms with Crippen molar-refractivity contribution in [2.75, 3.05) is 13.2 Å². The number of ether oxygens (including phenoxy) is 2. The van der Waals surface area contributed by atoms with E-state index >= 15 is 0 Å².